The molecule has 113 valence electrons. The SMILES string of the molecule is CN1CCN2CCN(C)CCN(CC1)C(Cl)C2Cl.[Co+2]. The summed E-state index contributed by atoms with van der Waals surface area (Å²) in [7, 11) is 4.35. The van der Waals surface area contributed by atoms with E-state index >= 15 is 0 Å². The van der Waals surface area contributed by atoms with Crippen molar-refractivity contribution in [1.82, 2.24) is 19.6 Å². The van der Waals surface area contributed by atoms with Gasteiger partial charge in [-0.15, -0.1) is 23.2 Å². The number of likely N-dealkylation sites (N-methyl/N-ethyl adjacent to an activating group) is 2. The van der Waals surface area contributed by atoms with Crippen molar-refractivity contribution in [2.75, 3.05) is 66.5 Å². The molecule has 4 nitrogen and oxygen atoms in total. The van der Waals surface area contributed by atoms with Crippen LogP contribution in [0.4, 0.5) is 0 Å². The van der Waals surface area contributed by atoms with E-state index in [9.17, 15) is 0 Å². The second kappa shape index (κ2) is 8.39. The quantitative estimate of drug-likeness (QED) is 0.467. The van der Waals surface area contributed by atoms with Crippen molar-refractivity contribution in [3.63, 3.8) is 0 Å². The van der Waals surface area contributed by atoms with Crippen molar-refractivity contribution in [3.05, 3.63) is 0 Å². The third kappa shape index (κ3) is 5.00. The average Bonchev–Trinajstić information content (AvgIpc) is 2.42. The van der Waals surface area contributed by atoms with Crippen LogP contribution in [0.15, 0.2) is 0 Å². The average molecular weight is 354 g/mol. The van der Waals surface area contributed by atoms with Gasteiger partial charge in [0.1, 0.15) is 11.0 Å². The third-order valence-corrected chi connectivity index (χ3v) is 5.16. The summed E-state index contributed by atoms with van der Waals surface area (Å²) in [5, 5.41) is 0. The van der Waals surface area contributed by atoms with E-state index in [4.69, 9.17) is 23.2 Å². The first kappa shape index (κ1) is 18.0. The first-order valence-electron chi connectivity index (χ1n) is 6.71. The molecule has 2 aliphatic rings. The minimum Gasteiger partial charge on any atom is -0.304 e. The molecule has 0 saturated carbocycles. The number of hydrogen-bond acceptors (Lipinski definition) is 4. The molecule has 0 amide bonds. The molecule has 2 unspecified atom stereocenters. The molecule has 0 aliphatic carbocycles. The van der Waals surface area contributed by atoms with Gasteiger partial charge in [0.25, 0.3) is 0 Å². The minimum absolute atomic E-state index is 0. The molecule has 0 spiro atoms. The van der Waals surface area contributed by atoms with Gasteiger partial charge in [-0.1, -0.05) is 0 Å². The van der Waals surface area contributed by atoms with E-state index in [-0.39, 0.29) is 27.8 Å². The Labute approximate surface area is 137 Å². The van der Waals surface area contributed by atoms with Crippen LogP contribution in [0, 0.1) is 0 Å². The van der Waals surface area contributed by atoms with Gasteiger partial charge in [0.15, 0.2) is 0 Å². The molecule has 2 saturated heterocycles. The molecule has 2 rings (SSSR count). The summed E-state index contributed by atoms with van der Waals surface area (Å²) in [6, 6.07) is 0. The van der Waals surface area contributed by atoms with Crippen LogP contribution in [-0.4, -0.2) is 97.1 Å². The molecule has 2 fully saturated rings. The van der Waals surface area contributed by atoms with Crippen LogP contribution in [0.3, 0.4) is 0 Å². The van der Waals surface area contributed by atoms with Crippen molar-refractivity contribution >= 4 is 23.2 Å². The molecule has 0 aromatic heterocycles. The van der Waals surface area contributed by atoms with Crippen LogP contribution in [0.25, 0.3) is 0 Å². The van der Waals surface area contributed by atoms with E-state index < -0.39 is 0 Å². The van der Waals surface area contributed by atoms with Gasteiger partial charge in [-0.2, -0.15) is 0 Å². The zero-order chi connectivity index (χ0) is 13.1. The number of hydrogen-bond donors (Lipinski definition) is 0. The molecule has 0 aromatic rings. The molecular weight excluding hydrogens is 330 g/mol. The van der Waals surface area contributed by atoms with Crippen LogP contribution in [0.5, 0.6) is 0 Å². The van der Waals surface area contributed by atoms with Crippen molar-refractivity contribution in [2.24, 2.45) is 0 Å². The van der Waals surface area contributed by atoms with Crippen molar-refractivity contribution in [2.45, 2.75) is 11.0 Å². The molecule has 7 heteroatoms. The number of nitrogens with zero attached hydrogens (tertiary/aromatic N) is 4. The van der Waals surface area contributed by atoms with E-state index in [1.54, 1.807) is 0 Å². The molecule has 2 heterocycles. The molecule has 2 atom stereocenters. The van der Waals surface area contributed by atoms with Crippen LogP contribution in [-0.2, 0) is 16.8 Å². The van der Waals surface area contributed by atoms with Gasteiger partial charge in [0, 0.05) is 52.4 Å². The van der Waals surface area contributed by atoms with E-state index in [1.165, 1.54) is 0 Å². The Hall–Kier alpha value is 0.926. The summed E-state index contributed by atoms with van der Waals surface area (Å²) in [6.45, 7) is 8.22. The van der Waals surface area contributed by atoms with Crippen LogP contribution in [0.1, 0.15) is 0 Å². The zero-order valence-electron chi connectivity index (χ0n) is 11.7. The largest absolute Gasteiger partial charge is 2.00 e. The van der Waals surface area contributed by atoms with Gasteiger partial charge in [0.2, 0.25) is 0 Å². The second-order valence-corrected chi connectivity index (χ2v) is 6.32. The van der Waals surface area contributed by atoms with E-state index in [0.717, 1.165) is 52.4 Å². The smallest absolute Gasteiger partial charge is 0.304 e. The minimum atomic E-state index is -0.0929. The van der Waals surface area contributed by atoms with Crippen molar-refractivity contribution < 1.29 is 16.8 Å². The monoisotopic (exact) mass is 353 g/mol. The fourth-order valence-electron chi connectivity index (χ4n) is 2.49. The summed E-state index contributed by atoms with van der Waals surface area (Å²) in [5.41, 5.74) is -0.186. The van der Waals surface area contributed by atoms with Gasteiger partial charge in [-0.05, 0) is 14.1 Å². The Balaban J connectivity index is 0.00000180. The standard InChI is InChI=1S/C12H24Cl2N4.Co/c1-15-3-7-17-9-5-16(2)6-10-18(8-4-15)12(14)11(17)13;/h11-12H,3-10H2,1-2H3;/q;+2. The van der Waals surface area contributed by atoms with E-state index in [2.05, 4.69) is 33.7 Å². The summed E-state index contributed by atoms with van der Waals surface area (Å²) in [5.74, 6) is 0. The van der Waals surface area contributed by atoms with Crippen LogP contribution in [0.2, 0.25) is 0 Å². The van der Waals surface area contributed by atoms with E-state index in [0.29, 0.717) is 0 Å². The Morgan fingerprint density at radius 2 is 0.895 bits per heavy atom. The topological polar surface area (TPSA) is 13.0 Å². The fraction of sp³-hybridized carbons (Fsp3) is 1.00. The molecule has 1 radical (unpaired) electrons. The zero-order valence-corrected chi connectivity index (χ0v) is 14.2. The van der Waals surface area contributed by atoms with Crippen molar-refractivity contribution in [1.29, 1.82) is 0 Å². The summed E-state index contributed by atoms with van der Waals surface area (Å²) in [4.78, 5) is 9.36. The van der Waals surface area contributed by atoms with Gasteiger partial charge in [-0.25, -0.2) is 0 Å². The van der Waals surface area contributed by atoms with Gasteiger partial charge < -0.3 is 9.80 Å². The summed E-state index contributed by atoms with van der Waals surface area (Å²) < 4.78 is 0. The maximum absolute atomic E-state index is 6.57. The Morgan fingerprint density at radius 3 is 1.16 bits per heavy atom. The van der Waals surface area contributed by atoms with Crippen molar-refractivity contribution in [3.8, 4) is 0 Å². The first-order chi connectivity index (χ1) is 8.58. The van der Waals surface area contributed by atoms with Crippen LogP contribution < -0.4 is 0 Å². The Bertz CT molecular complexity index is 230. The molecule has 19 heavy (non-hydrogen) atoms. The molecule has 0 aromatic carbocycles. The Kier molecular flexibility index (Phi) is 7.94. The number of fused-ring (bicyclic) bond motifs is 3. The normalized spacial score (nSPS) is 39.2. The third-order valence-electron chi connectivity index (χ3n) is 4.00. The maximum atomic E-state index is 6.57. The van der Waals surface area contributed by atoms with E-state index in [1.807, 2.05) is 0 Å². The fourth-order valence-corrected chi connectivity index (χ4v) is 3.19. The molecular formula is C12H24Cl2CoN4+2. The number of rotatable bonds is 0. The first-order valence-corrected chi connectivity index (χ1v) is 7.58. The molecule has 0 N–H and O–H groups in total. The second-order valence-electron chi connectivity index (χ2n) is 5.42. The van der Waals surface area contributed by atoms with Crippen LogP contribution >= 0.6 is 23.2 Å². The Morgan fingerprint density at radius 1 is 0.632 bits per heavy atom. The summed E-state index contributed by atoms with van der Waals surface area (Å²) >= 11 is 13.1. The van der Waals surface area contributed by atoms with Gasteiger partial charge in [-0.3, -0.25) is 9.80 Å². The number of halogens is 2. The molecule has 2 bridgehead atoms. The van der Waals surface area contributed by atoms with Gasteiger partial charge >= 0.3 is 16.8 Å². The number of alkyl halides is 2. The predicted molar refractivity (Wildman–Crippen MR) is 77.4 cm³/mol. The molecule has 2 aliphatic heterocycles. The maximum Gasteiger partial charge on any atom is 2.00 e. The summed E-state index contributed by atoms with van der Waals surface area (Å²) in [6.07, 6.45) is 0. The predicted octanol–water partition coefficient (Wildman–Crippen LogP) is 0.608. The van der Waals surface area contributed by atoms with Gasteiger partial charge in [0.05, 0.1) is 0 Å².